The lowest BCUT2D eigenvalue weighted by molar-refractivity contribution is -0.132. The second kappa shape index (κ2) is 7.54. The Morgan fingerprint density at radius 2 is 1.89 bits per heavy atom. The average molecular weight is 280 g/mol. The highest BCUT2D eigenvalue weighted by atomic mass is 35.5. The van der Waals surface area contributed by atoms with Gasteiger partial charge in [-0.1, -0.05) is 30.3 Å². The summed E-state index contributed by atoms with van der Waals surface area (Å²) in [5.41, 5.74) is 1.24. The van der Waals surface area contributed by atoms with Gasteiger partial charge in [0.15, 0.2) is 0 Å². The fourth-order valence-electron chi connectivity index (χ4n) is 2.68. The van der Waals surface area contributed by atoms with E-state index in [0.29, 0.717) is 12.3 Å². The molecule has 1 heterocycles. The first-order chi connectivity index (χ1) is 9.29. The topological polar surface area (TPSA) is 20.3 Å². The van der Waals surface area contributed by atoms with Crippen LogP contribution in [0.3, 0.4) is 0 Å². The minimum absolute atomic E-state index is 0.299. The molecule has 0 saturated carbocycles. The minimum Gasteiger partial charge on any atom is -0.343 e. The largest absolute Gasteiger partial charge is 0.343 e. The molecule has 0 bridgehead atoms. The number of piperidine rings is 1. The van der Waals surface area contributed by atoms with E-state index >= 15 is 0 Å². The third-order valence-electron chi connectivity index (χ3n) is 3.95. The maximum absolute atomic E-state index is 12.1. The number of amides is 1. The quantitative estimate of drug-likeness (QED) is 0.756. The monoisotopic (exact) mass is 279 g/mol. The molecule has 19 heavy (non-hydrogen) atoms. The van der Waals surface area contributed by atoms with E-state index in [1.165, 1.54) is 5.56 Å². The molecule has 1 saturated heterocycles. The first kappa shape index (κ1) is 14.4. The number of halogens is 1. The van der Waals surface area contributed by atoms with Crippen molar-refractivity contribution in [2.75, 3.05) is 19.0 Å². The first-order valence-electron chi connectivity index (χ1n) is 7.17. The van der Waals surface area contributed by atoms with Gasteiger partial charge in [-0.3, -0.25) is 4.79 Å². The van der Waals surface area contributed by atoms with Crippen LogP contribution in [0.15, 0.2) is 30.3 Å². The van der Waals surface area contributed by atoms with Crippen molar-refractivity contribution in [1.82, 2.24) is 4.90 Å². The summed E-state index contributed by atoms with van der Waals surface area (Å²) < 4.78 is 0. The Morgan fingerprint density at radius 3 is 2.53 bits per heavy atom. The second-order valence-corrected chi connectivity index (χ2v) is 5.67. The molecule has 104 valence electrons. The third-order valence-corrected chi connectivity index (χ3v) is 4.17. The number of hydrogen-bond donors (Lipinski definition) is 0. The van der Waals surface area contributed by atoms with Gasteiger partial charge in [0.1, 0.15) is 0 Å². The zero-order chi connectivity index (χ0) is 13.5. The lowest BCUT2D eigenvalue weighted by Crippen LogP contribution is -2.38. The molecule has 0 aromatic heterocycles. The van der Waals surface area contributed by atoms with Crippen LogP contribution >= 0.6 is 11.6 Å². The predicted octanol–water partition coefficient (Wildman–Crippen LogP) is 3.49. The van der Waals surface area contributed by atoms with Crippen LogP contribution in [-0.4, -0.2) is 29.8 Å². The number of carbonyl (C=O) groups is 1. The maximum atomic E-state index is 12.1. The Balaban J connectivity index is 1.73. The van der Waals surface area contributed by atoms with Gasteiger partial charge in [0.05, 0.1) is 0 Å². The molecule has 0 atom stereocenters. The van der Waals surface area contributed by atoms with E-state index in [2.05, 4.69) is 12.1 Å². The number of benzene rings is 1. The van der Waals surface area contributed by atoms with Gasteiger partial charge >= 0.3 is 0 Å². The normalized spacial score (nSPS) is 16.6. The fourth-order valence-corrected chi connectivity index (χ4v) is 2.99. The summed E-state index contributed by atoms with van der Waals surface area (Å²) in [6.45, 7) is 1.82. The Hall–Kier alpha value is -1.02. The Labute approximate surface area is 120 Å². The van der Waals surface area contributed by atoms with Crippen LogP contribution in [0.4, 0.5) is 0 Å². The molecule has 1 aromatic carbocycles. The van der Waals surface area contributed by atoms with Gasteiger partial charge in [-0.15, -0.1) is 11.6 Å². The number of rotatable bonds is 5. The van der Waals surface area contributed by atoms with E-state index in [-0.39, 0.29) is 0 Å². The van der Waals surface area contributed by atoms with Crippen molar-refractivity contribution >= 4 is 17.5 Å². The summed E-state index contributed by atoms with van der Waals surface area (Å²) in [5, 5.41) is 0. The standard InChI is InChI=1S/C16H22ClNO/c17-11-8-15-9-12-18(13-10-15)16(19)7-6-14-4-2-1-3-5-14/h1-5,15H,6-13H2. The van der Waals surface area contributed by atoms with E-state index in [1.807, 2.05) is 23.1 Å². The zero-order valence-electron chi connectivity index (χ0n) is 11.4. The van der Waals surface area contributed by atoms with Gasteiger partial charge in [-0.25, -0.2) is 0 Å². The number of hydrogen-bond acceptors (Lipinski definition) is 1. The molecule has 0 unspecified atom stereocenters. The number of likely N-dealkylation sites (tertiary alicyclic amines) is 1. The van der Waals surface area contributed by atoms with E-state index in [4.69, 9.17) is 11.6 Å². The minimum atomic E-state index is 0.299. The highest BCUT2D eigenvalue weighted by Crippen LogP contribution is 2.21. The molecule has 1 aliphatic rings. The number of aryl methyl sites for hydroxylation is 1. The summed E-state index contributed by atoms with van der Waals surface area (Å²) in [4.78, 5) is 14.2. The highest BCUT2D eigenvalue weighted by Gasteiger charge is 2.21. The molecule has 1 aromatic rings. The summed E-state index contributed by atoms with van der Waals surface area (Å²) in [6, 6.07) is 10.2. The van der Waals surface area contributed by atoms with Gasteiger partial charge in [0.25, 0.3) is 0 Å². The summed E-state index contributed by atoms with van der Waals surface area (Å²) >= 11 is 5.77. The van der Waals surface area contributed by atoms with E-state index in [9.17, 15) is 4.79 Å². The van der Waals surface area contributed by atoms with Crippen LogP contribution in [0.5, 0.6) is 0 Å². The van der Waals surface area contributed by atoms with Gasteiger partial charge in [-0.2, -0.15) is 0 Å². The van der Waals surface area contributed by atoms with Crippen molar-refractivity contribution in [1.29, 1.82) is 0 Å². The molecular weight excluding hydrogens is 258 g/mol. The molecule has 0 spiro atoms. The molecule has 0 aliphatic carbocycles. The van der Waals surface area contributed by atoms with E-state index < -0.39 is 0 Å². The smallest absolute Gasteiger partial charge is 0.222 e. The maximum Gasteiger partial charge on any atom is 0.222 e. The molecule has 0 radical (unpaired) electrons. The summed E-state index contributed by atoms with van der Waals surface area (Å²) in [7, 11) is 0. The summed E-state index contributed by atoms with van der Waals surface area (Å²) in [6.07, 6.45) is 4.80. The Bertz CT molecular complexity index is 385. The van der Waals surface area contributed by atoms with Crippen molar-refractivity contribution in [3.63, 3.8) is 0 Å². The average Bonchev–Trinajstić information content (AvgIpc) is 2.47. The Morgan fingerprint density at radius 1 is 1.21 bits per heavy atom. The van der Waals surface area contributed by atoms with Crippen molar-refractivity contribution < 1.29 is 4.79 Å². The van der Waals surface area contributed by atoms with Crippen LogP contribution in [0.1, 0.15) is 31.2 Å². The lowest BCUT2D eigenvalue weighted by atomic mass is 9.94. The molecule has 1 fully saturated rings. The highest BCUT2D eigenvalue weighted by molar-refractivity contribution is 6.17. The van der Waals surface area contributed by atoms with Crippen molar-refractivity contribution in [2.24, 2.45) is 5.92 Å². The molecule has 1 aliphatic heterocycles. The molecule has 2 rings (SSSR count). The van der Waals surface area contributed by atoms with Crippen LogP contribution in [-0.2, 0) is 11.2 Å². The van der Waals surface area contributed by atoms with Crippen LogP contribution < -0.4 is 0 Å². The number of alkyl halides is 1. The van der Waals surface area contributed by atoms with E-state index in [0.717, 1.165) is 50.6 Å². The van der Waals surface area contributed by atoms with Crippen LogP contribution in [0.25, 0.3) is 0 Å². The molecule has 1 amide bonds. The molecule has 2 nitrogen and oxygen atoms in total. The third kappa shape index (κ3) is 4.54. The zero-order valence-corrected chi connectivity index (χ0v) is 12.1. The first-order valence-corrected chi connectivity index (χ1v) is 7.70. The number of carbonyl (C=O) groups excluding carboxylic acids is 1. The molecular formula is C16H22ClNO. The Kier molecular flexibility index (Phi) is 5.71. The van der Waals surface area contributed by atoms with Crippen molar-refractivity contribution in [2.45, 2.75) is 32.1 Å². The predicted molar refractivity (Wildman–Crippen MR) is 79.4 cm³/mol. The molecule has 3 heteroatoms. The van der Waals surface area contributed by atoms with Gasteiger partial charge in [0.2, 0.25) is 5.91 Å². The fraction of sp³-hybridized carbons (Fsp3) is 0.562. The SMILES string of the molecule is O=C(CCc1ccccc1)N1CCC(CCCl)CC1. The van der Waals surface area contributed by atoms with Gasteiger partial charge in [0, 0.05) is 25.4 Å². The van der Waals surface area contributed by atoms with Crippen LogP contribution in [0.2, 0.25) is 0 Å². The van der Waals surface area contributed by atoms with Gasteiger partial charge in [-0.05, 0) is 37.2 Å². The van der Waals surface area contributed by atoms with Gasteiger partial charge < -0.3 is 4.90 Å². The summed E-state index contributed by atoms with van der Waals surface area (Å²) in [5.74, 6) is 1.76. The van der Waals surface area contributed by atoms with Crippen molar-refractivity contribution in [3.8, 4) is 0 Å². The van der Waals surface area contributed by atoms with E-state index in [1.54, 1.807) is 0 Å². The molecule has 0 N–H and O–H groups in total. The number of nitrogens with zero attached hydrogens (tertiary/aromatic N) is 1. The van der Waals surface area contributed by atoms with Crippen molar-refractivity contribution in [3.05, 3.63) is 35.9 Å². The second-order valence-electron chi connectivity index (χ2n) is 5.29. The van der Waals surface area contributed by atoms with Crippen LogP contribution in [0, 0.1) is 5.92 Å². The lowest BCUT2D eigenvalue weighted by Gasteiger charge is -2.31.